The number of carbonyl (C=O) groups is 3. The van der Waals surface area contributed by atoms with Crippen LogP contribution in [0.15, 0.2) is 47.4 Å². The molecule has 1 aliphatic rings. The molecule has 1 heterocycles. The summed E-state index contributed by atoms with van der Waals surface area (Å²) in [5.74, 6) is -0.485. The number of benzene rings is 2. The lowest BCUT2D eigenvalue weighted by Gasteiger charge is -2.16. The van der Waals surface area contributed by atoms with Crippen molar-refractivity contribution in [3.63, 3.8) is 0 Å². The van der Waals surface area contributed by atoms with E-state index in [2.05, 4.69) is 6.07 Å². The molecule has 0 saturated carbocycles. The van der Waals surface area contributed by atoms with Gasteiger partial charge in [0.2, 0.25) is 5.91 Å². The summed E-state index contributed by atoms with van der Waals surface area (Å²) in [5, 5.41) is 0. The van der Waals surface area contributed by atoms with Gasteiger partial charge in [-0.15, -0.1) is 11.8 Å². The third kappa shape index (κ3) is 5.01. The van der Waals surface area contributed by atoms with E-state index >= 15 is 0 Å². The molecule has 2 aromatic carbocycles. The van der Waals surface area contributed by atoms with Crippen LogP contribution in [-0.2, 0) is 14.3 Å². The molecule has 1 amide bonds. The number of esters is 1. The summed E-state index contributed by atoms with van der Waals surface area (Å²) in [7, 11) is 0. The van der Waals surface area contributed by atoms with Crippen LogP contribution in [0.25, 0.3) is 0 Å². The van der Waals surface area contributed by atoms with Crippen molar-refractivity contribution in [2.75, 3.05) is 23.8 Å². The van der Waals surface area contributed by atoms with E-state index in [0.717, 1.165) is 16.9 Å². The minimum Gasteiger partial charge on any atom is -0.457 e. The van der Waals surface area contributed by atoms with Crippen LogP contribution in [0.3, 0.4) is 0 Å². The maximum absolute atomic E-state index is 12.4. The predicted octanol–water partition coefficient (Wildman–Crippen LogP) is 3.95. The molecule has 0 atom stereocenters. The molecule has 2 aromatic rings. The Morgan fingerprint density at radius 2 is 1.96 bits per heavy atom. The molecule has 1 aliphatic heterocycles. The summed E-state index contributed by atoms with van der Waals surface area (Å²) >= 11 is 1.40. The van der Waals surface area contributed by atoms with Gasteiger partial charge in [-0.05, 0) is 44.0 Å². The quantitative estimate of drug-likeness (QED) is 0.402. The Balaban J connectivity index is 1.52. The lowest BCUT2D eigenvalue weighted by Crippen LogP contribution is -2.24. The summed E-state index contributed by atoms with van der Waals surface area (Å²) in [5.41, 5.74) is 3.44. The van der Waals surface area contributed by atoms with Crippen LogP contribution in [0, 0.1) is 13.8 Å². The molecule has 0 aromatic heterocycles. The molecular weight excluding hydrogens is 374 g/mol. The maximum Gasteiger partial charge on any atom is 0.316 e. The number of Topliss-reactive ketones (excluding diaryl/α,β-unsaturated/α-hetero) is 1. The molecule has 5 nitrogen and oxygen atoms in total. The average molecular weight is 397 g/mol. The zero-order chi connectivity index (χ0) is 20.1. The van der Waals surface area contributed by atoms with Gasteiger partial charge in [0.1, 0.15) is 0 Å². The summed E-state index contributed by atoms with van der Waals surface area (Å²) in [6.45, 7) is 4.39. The van der Waals surface area contributed by atoms with Crippen LogP contribution in [0.1, 0.15) is 34.3 Å². The number of rotatable bonds is 7. The molecular formula is C22H23NO4S. The van der Waals surface area contributed by atoms with E-state index in [9.17, 15) is 14.4 Å². The number of hydrogen-bond donors (Lipinski definition) is 0. The number of ether oxygens (including phenoxy) is 1. The van der Waals surface area contributed by atoms with E-state index < -0.39 is 5.97 Å². The fourth-order valence-electron chi connectivity index (χ4n) is 3.14. The normalized spacial score (nSPS) is 13.6. The summed E-state index contributed by atoms with van der Waals surface area (Å²) in [6, 6.07) is 13.0. The number of ketones is 1. The second-order valence-corrected chi connectivity index (χ2v) is 7.86. The summed E-state index contributed by atoms with van der Waals surface area (Å²) in [6.07, 6.45) is 1.36. The van der Waals surface area contributed by atoms with Gasteiger partial charge in [-0.3, -0.25) is 14.4 Å². The monoisotopic (exact) mass is 397 g/mol. The van der Waals surface area contributed by atoms with Gasteiger partial charge >= 0.3 is 5.97 Å². The maximum atomic E-state index is 12.4. The highest BCUT2D eigenvalue weighted by molar-refractivity contribution is 8.00. The first kappa shape index (κ1) is 20.1. The van der Waals surface area contributed by atoms with Gasteiger partial charge < -0.3 is 9.64 Å². The summed E-state index contributed by atoms with van der Waals surface area (Å²) in [4.78, 5) is 39.0. The number of aryl methyl sites for hydroxylation is 2. The van der Waals surface area contributed by atoms with Crippen molar-refractivity contribution < 1.29 is 19.1 Å². The Kier molecular flexibility index (Phi) is 6.52. The topological polar surface area (TPSA) is 63.7 Å². The second kappa shape index (κ2) is 9.06. The fraction of sp³-hybridized carbons (Fsp3) is 0.318. The average Bonchev–Trinajstić information content (AvgIpc) is 3.11. The van der Waals surface area contributed by atoms with Crippen molar-refractivity contribution in [2.24, 2.45) is 0 Å². The van der Waals surface area contributed by atoms with Gasteiger partial charge in [-0.25, -0.2) is 0 Å². The third-order valence-corrected chi connectivity index (χ3v) is 5.74. The SMILES string of the molecule is Cc1ccc(SCC(=O)OCC(=O)c2cccc(N3CCCC3=O)c2)c(C)c1. The lowest BCUT2D eigenvalue weighted by atomic mass is 10.1. The van der Waals surface area contributed by atoms with Crippen LogP contribution >= 0.6 is 11.8 Å². The zero-order valence-corrected chi connectivity index (χ0v) is 16.9. The number of thioether (sulfide) groups is 1. The molecule has 1 fully saturated rings. The lowest BCUT2D eigenvalue weighted by molar-refractivity contribution is -0.139. The highest BCUT2D eigenvalue weighted by Gasteiger charge is 2.22. The van der Waals surface area contributed by atoms with Crippen molar-refractivity contribution >= 4 is 35.1 Å². The Morgan fingerprint density at radius 1 is 1.14 bits per heavy atom. The van der Waals surface area contributed by atoms with Gasteiger partial charge in [0.25, 0.3) is 0 Å². The van der Waals surface area contributed by atoms with Gasteiger partial charge in [-0.2, -0.15) is 0 Å². The Hall–Kier alpha value is -2.60. The molecule has 28 heavy (non-hydrogen) atoms. The number of hydrogen-bond acceptors (Lipinski definition) is 5. The fourth-order valence-corrected chi connectivity index (χ4v) is 3.94. The largest absolute Gasteiger partial charge is 0.457 e. The number of nitrogens with zero attached hydrogens (tertiary/aromatic N) is 1. The van der Waals surface area contributed by atoms with Crippen molar-refractivity contribution in [1.82, 2.24) is 0 Å². The van der Waals surface area contributed by atoms with E-state index in [1.807, 2.05) is 32.0 Å². The molecule has 0 spiro atoms. The van der Waals surface area contributed by atoms with E-state index in [0.29, 0.717) is 24.2 Å². The van der Waals surface area contributed by atoms with E-state index in [-0.39, 0.29) is 24.1 Å². The van der Waals surface area contributed by atoms with Crippen molar-refractivity contribution in [2.45, 2.75) is 31.6 Å². The molecule has 6 heteroatoms. The van der Waals surface area contributed by atoms with Crippen LogP contribution < -0.4 is 4.90 Å². The Morgan fingerprint density at radius 3 is 2.68 bits per heavy atom. The first-order valence-corrected chi connectivity index (χ1v) is 10.2. The number of amides is 1. The van der Waals surface area contributed by atoms with Crippen molar-refractivity contribution in [3.05, 3.63) is 59.2 Å². The van der Waals surface area contributed by atoms with E-state index in [1.54, 1.807) is 23.1 Å². The van der Waals surface area contributed by atoms with E-state index in [4.69, 9.17) is 4.74 Å². The third-order valence-electron chi connectivity index (χ3n) is 4.59. The molecule has 0 aliphatic carbocycles. The molecule has 0 N–H and O–H groups in total. The first-order valence-electron chi connectivity index (χ1n) is 9.23. The smallest absolute Gasteiger partial charge is 0.316 e. The predicted molar refractivity (Wildman–Crippen MR) is 110 cm³/mol. The standard InChI is InChI=1S/C22H23NO4S/c1-15-8-9-20(16(2)11-15)28-14-22(26)27-13-19(24)17-5-3-6-18(12-17)23-10-4-7-21(23)25/h3,5-6,8-9,11-12H,4,7,10,13-14H2,1-2H3. The minimum atomic E-state index is -0.427. The zero-order valence-electron chi connectivity index (χ0n) is 16.1. The first-order chi connectivity index (χ1) is 13.4. The Labute approximate surface area is 169 Å². The summed E-state index contributed by atoms with van der Waals surface area (Å²) < 4.78 is 5.14. The van der Waals surface area contributed by atoms with Gasteiger partial charge in [0, 0.05) is 29.1 Å². The van der Waals surface area contributed by atoms with Gasteiger partial charge in [-0.1, -0.05) is 29.8 Å². The Bertz CT molecular complexity index is 909. The molecule has 0 radical (unpaired) electrons. The second-order valence-electron chi connectivity index (χ2n) is 6.84. The number of carbonyl (C=O) groups excluding carboxylic acids is 3. The van der Waals surface area contributed by atoms with Gasteiger partial charge in [0.15, 0.2) is 12.4 Å². The molecule has 3 rings (SSSR count). The van der Waals surface area contributed by atoms with Crippen LogP contribution in [-0.4, -0.2) is 36.6 Å². The molecule has 146 valence electrons. The van der Waals surface area contributed by atoms with Crippen LogP contribution in [0.4, 0.5) is 5.69 Å². The molecule has 0 unspecified atom stereocenters. The van der Waals surface area contributed by atoms with Crippen LogP contribution in [0.2, 0.25) is 0 Å². The molecule has 1 saturated heterocycles. The van der Waals surface area contributed by atoms with Crippen molar-refractivity contribution in [1.29, 1.82) is 0 Å². The van der Waals surface area contributed by atoms with Crippen molar-refractivity contribution in [3.8, 4) is 0 Å². The highest BCUT2D eigenvalue weighted by Crippen LogP contribution is 2.24. The van der Waals surface area contributed by atoms with Crippen LogP contribution in [0.5, 0.6) is 0 Å². The highest BCUT2D eigenvalue weighted by atomic mass is 32.2. The molecule has 0 bridgehead atoms. The van der Waals surface area contributed by atoms with E-state index in [1.165, 1.54) is 17.3 Å². The number of anilines is 1. The minimum absolute atomic E-state index is 0.0689. The van der Waals surface area contributed by atoms with Gasteiger partial charge in [0.05, 0.1) is 5.75 Å².